The third-order valence-electron chi connectivity index (χ3n) is 3.08. The Hall–Kier alpha value is -1.36. The summed E-state index contributed by atoms with van der Waals surface area (Å²) in [4.78, 5) is 11.9. The summed E-state index contributed by atoms with van der Waals surface area (Å²) in [5, 5.41) is 7.48. The highest BCUT2D eigenvalue weighted by Crippen LogP contribution is 2.21. The van der Waals surface area contributed by atoms with Gasteiger partial charge in [-0.1, -0.05) is 6.92 Å². The summed E-state index contributed by atoms with van der Waals surface area (Å²) in [5.74, 6) is -0.227. The van der Waals surface area contributed by atoms with Crippen LogP contribution >= 0.6 is 0 Å². The summed E-state index contributed by atoms with van der Waals surface area (Å²) in [6.07, 6.45) is 5.26. The zero-order valence-corrected chi connectivity index (χ0v) is 11.6. The molecule has 1 aromatic rings. The topological polar surface area (TPSA) is 56.2 Å². The van der Waals surface area contributed by atoms with Crippen LogP contribution in [0, 0.1) is 0 Å². The maximum Gasteiger partial charge on any atom is 0.325 e. The molecule has 1 N–H and O–H groups in total. The number of rotatable bonds is 7. The third-order valence-corrected chi connectivity index (χ3v) is 3.08. The van der Waals surface area contributed by atoms with Crippen molar-refractivity contribution in [3.05, 3.63) is 18.5 Å². The van der Waals surface area contributed by atoms with Gasteiger partial charge in [0.05, 0.1) is 13.2 Å². The summed E-state index contributed by atoms with van der Waals surface area (Å²) >= 11 is 0. The Morgan fingerprint density at radius 2 is 2.33 bits per heavy atom. The monoisotopic (exact) mass is 253 g/mol. The van der Waals surface area contributed by atoms with Gasteiger partial charge in [0.1, 0.15) is 5.54 Å². The Labute approximate surface area is 109 Å². The van der Waals surface area contributed by atoms with E-state index >= 15 is 0 Å². The van der Waals surface area contributed by atoms with Gasteiger partial charge in [-0.2, -0.15) is 5.10 Å². The summed E-state index contributed by atoms with van der Waals surface area (Å²) in [7, 11) is 1.42. The van der Waals surface area contributed by atoms with Crippen molar-refractivity contribution in [1.29, 1.82) is 0 Å². The van der Waals surface area contributed by atoms with E-state index < -0.39 is 5.54 Å². The number of carbonyl (C=O) groups is 1. The number of methoxy groups -OCH3 is 1. The molecular formula is C13H23N3O2. The molecule has 102 valence electrons. The Balaban J connectivity index is 2.74. The first-order valence-electron chi connectivity index (χ1n) is 6.36. The number of hydrogen-bond donors (Lipinski definition) is 1. The van der Waals surface area contributed by atoms with Crippen LogP contribution in [0.5, 0.6) is 0 Å². The molecule has 0 amide bonds. The molecular weight excluding hydrogens is 230 g/mol. The van der Waals surface area contributed by atoms with E-state index in [0.29, 0.717) is 6.42 Å². The first kappa shape index (κ1) is 14.7. The van der Waals surface area contributed by atoms with Crippen LogP contribution in [-0.4, -0.2) is 34.9 Å². The Kier molecular flexibility index (Phi) is 5.34. The zero-order valence-electron chi connectivity index (χ0n) is 11.6. The van der Waals surface area contributed by atoms with Crippen molar-refractivity contribution in [2.75, 3.05) is 13.7 Å². The zero-order chi connectivity index (χ0) is 13.6. The van der Waals surface area contributed by atoms with Crippen molar-refractivity contribution in [2.24, 2.45) is 0 Å². The molecule has 1 heterocycles. The number of hydrogen-bond acceptors (Lipinski definition) is 4. The van der Waals surface area contributed by atoms with Crippen molar-refractivity contribution < 1.29 is 9.53 Å². The lowest BCUT2D eigenvalue weighted by atomic mass is 9.93. The molecule has 0 saturated heterocycles. The van der Waals surface area contributed by atoms with Gasteiger partial charge in [0, 0.05) is 12.4 Å². The molecule has 0 aromatic carbocycles. The van der Waals surface area contributed by atoms with E-state index in [9.17, 15) is 4.79 Å². The van der Waals surface area contributed by atoms with Crippen molar-refractivity contribution >= 4 is 5.97 Å². The van der Waals surface area contributed by atoms with Crippen LogP contribution in [0.4, 0.5) is 0 Å². The fraction of sp³-hybridized carbons (Fsp3) is 0.692. The fourth-order valence-corrected chi connectivity index (χ4v) is 2.08. The summed E-state index contributed by atoms with van der Waals surface area (Å²) < 4.78 is 6.76. The number of aromatic nitrogens is 2. The van der Waals surface area contributed by atoms with E-state index in [-0.39, 0.29) is 12.0 Å². The SMILES string of the molecule is CCCNC(C)(CC(C)n1cccn1)C(=O)OC. The van der Waals surface area contributed by atoms with Crippen LogP contribution in [0.3, 0.4) is 0 Å². The Morgan fingerprint density at radius 1 is 1.61 bits per heavy atom. The summed E-state index contributed by atoms with van der Waals surface area (Å²) in [6.45, 7) is 6.79. The van der Waals surface area contributed by atoms with Gasteiger partial charge in [0.2, 0.25) is 0 Å². The second-order valence-corrected chi connectivity index (χ2v) is 4.79. The second kappa shape index (κ2) is 6.54. The quantitative estimate of drug-likeness (QED) is 0.752. The van der Waals surface area contributed by atoms with Gasteiger partial charge in [0.25, 0.3) is 0 Å². The fourth-order valence-electron chi connectivity index (χ4n) is 2.08. The molecule has 0 fully saturated rings. The number of esters is 1. The maximum absolute atomic E-state index is 11.9. The molecule has 0 bridgehead atoms. The average molecular weight is 253 g/mol. The molecule has 5 nitrogen and oxygen atoms in total. The Bertz CT molecular complexity index is 364. The largest absolute Gasteiger partial charge is 0.468 e. The minimum absolute atomic E-state index is 0.133. The molecule has 0 saturated carbocycles. The van der Waals surface area contributed by atoms with Crippen LogP contribution in [0.15, 0.2) is 18.5 Å². The molecule has 0 spiro atoms. The van der Waals surface area contributed by atoms with E-state index in [2.05, 4.69) is 17.3 Å². The Morgan fingerprint density at radius 3 is 2.83 bits per heavy atom. The van der Waals surface area contributed by atoms with E-state index in [1.165, 1.54) is 7.11 Å². The third kappa shape index (κ3) is 3.57. The van der Waals surface area contributed by atoms with Crippen LogP contribution < -0.4 is 5.32 Å². The van der Waals surface area contributed by atoms with Gasteiger partial charge in [-0.15, -0.1) is 0 Å². The van der Waals surface area contributed by atoms with Crippen LogP contribution in [0.25, 0.3) is 0 Å². The minimum atomic E-state index is -0.671. The van der Waals surface area contributed by atoms with E-state index in [1.807, 2.05) is 30.8 Å². The second-order valence-electron chi connectivity index (χ2n) is 4.79. The summed E-state index contributed by atoms with van der Waals surface area (Å²) in [5.41, 5.74) is -0.671. The molecule has 0 aliphatic carbocycles. The van der Waals surface area contributed by atoms with E-state index in [1.54, 1.807) is 6.20 Å². The number of nitrogens with zero attached hydrogens (tertiary/aromatic N) is 2. The smallest absolute Gasteiger partial charge is 0.325 e. The van der Waals surface area contributed by atoms with Gasteiger partial charge in [-0.05, 0) is 39.3 Å². The maximum atomic E-state index is 11.9. The first-order valence-corrected chi connectivity index (χ1v) is 6.36. The molecule has 2 unspecified atom stereocenters. The molecule has 18 heavy (non-hydrogen) atoms. The van der Waals surface area contributed by atoms with Gasteiger partial charge < -0.3 is 10.1 Å². The predicted octanol–water partition coefficient (Wildman–Crippen LogP) is 1.77. The molecule has 0 radical (unpaired) electrons. The molecule has 5 heteroatoms. The summed E-state index contributed by atoms with van der Waals surface area (Å²) in [6, 6.07) is 2.01. The number of ether oxygens (including phenoxy) is 1. The molecule has 0 aliphatic heterocycles. The highest BCUT2D eigenvalue weighted by molar-refractivity contribution is 5.80. The molecule has 2 atom stereocenters. The molecule has 0 aliphatic rings. The highest BCUT2D eigenvalue weighted by atomic mass is 16.5. The van der Waals surface area contributed by atoms with Crippen molar-refractivity contribution in [2.45, 2.75) is 45.2 Å². The number of carbonyl (C=O) groups excluding carboxylic acids is 1. The lowest BCUT2D eigenvalue weighted by Crippen LogP contribution is -2.51. The van der Waals surface area contributed by atoms with E-state index in [4.69, 9.17) is 4.74 Å². The average Bonchev–Trinajstić information content (AvgIpc) is 2.89. The number of nitrogens with one attached hydrogen (secondary N) is 1. The van der Waals surface area contributed by atoms with Gasteiger partial charge >= 0.3 is 5.97 Å². The standard InChI is InChI=1S/C13H23N3O2/c1-5-7-14-13(3,12(17)18-4)10-11(2)16-9-6-8-15-16/h6,8-9,11,14H,5,7,10H2,1-4H3. The van der Waals surface area contributed by atoms with Crippen molar-refractivity contribution in [3.63, 3.8) is 0 Å². The van der Waals surface area contributed by atoms with E-state index in [0.717, 1.165) is 13.0 Å². The van der Waals surface area contributed by atoms with Gasteiger partial charge in [-0.25, -0.2) is 0 Å². The molecule has 1 aromatic heterocycles. The van der Waals surface area contributed by atoms with Gasteiger partial charge in [-0.3, -0.25) is 9.48 Å². The van der Waals surface area contributed by atoms with Crippen molar-refractivity contribution in [1.82, 2.24) is 15.1 Å². The highest BCUT2D eigenvalue weighted by Gasteiger charge is 2.35. The van der Waals surface area contributed by atoms with Crippen LogP contribution in [-0.2, 0) is 9.53 Å². The van der Waals surface area contributed by atoms with Crippen molar-refractivity contribution in [3.8, 4) is 0 Å². The van der Waals surface area contributed by atoms with Crippen LogP contribution in [0.1, 0.15) is 39.7 Å². The predicted molar refractivity (Wildman–Crippen MR) is 70.3 cm³/mol. The van der Waals surface area contributed by atoms with Crippen LogP contribution in [0.2, 0.25) is 0 Å². The lowest BCUT2D eigenvalue weighted by Gasteiger charge is -2.30. The minimum Gasteiger partial charge on any atom is -0.468 e. The normalized spacial score (nSPS) is 16.0. The lowest BCUT2D eigenvalue weighted by molar-refractivity contribution is -0.148. The molecule has 1 rings (SSSR count). The van der Waals surface area contributed by atoms with Gasteiger partial charge in [0.15, 0.2) is 0 Å². The first-order chi connectivity index (χ1) is 8.53.